The van der Waals surface area contributed by atoms with E-state index in [9.17, 15) is 9.90 Å². The van der Waals surface area contributed by atoms with Crippen molar-refractivity contribution in [2.45, 2.75) is 19.4 Å². The number of methoxy groups -OCH3 is 4. The number of cyclic esters (lactones) is 1. The second-order valence-electron chi connectivity index (χ2n) is 7.95. The Morgan fingerprint density at radius 2 is 1.64 bits per heavy atom. The average molecular weight is 460 g/mol. The molecule has 1 fully saturated rings. The van der Waals surface area contributed by atoms with Crippen LogP contribution in [-0.4, -0.2) is 52.9 Å². The summed E-state index contributed by atoms with van der Waals surface area (Å²) in [7, 11) is 6.16. The van der Waals surface area contributed by atoms with E-state index in [-0.39, 0.29) is 19.4 Å². The Labute approximate surface area is 192 Å². The van der Waals surface area contributed by atoms with E-state index in [1.54, 1.807) is 28.3 Å². The van der Waals surface area contributed by atoms with Crippen molar-refractivity contribution in [3.8, 4) is 34.5 Å². The minimum Gasteiger partial charge on any atom is -0.493 e. The molecule has 4 rings (SSSR count). The zero-order valence-corrected chi connectivity index (χ0v) is 19.3. The van der Waals surface area contributed by atoms with Gasteiger partial charge in [0.1, 0.15) is 0 Å². The van der Waals surface area contributed by atoms with Gasteiger partial charge in [-0.1, -0.05) is 6.92 Å². The first-order valence-corrected chi connectivity index (χ1v) is 10.6. The third-order valence-corrected chi connectivity index (χ3v) is 6.20. The topological polar surface area (TPSA) is 102 Å². The van der Waals surface area contributed by atoms with Crippen LogP contribution in [0.15, 0.2) is 18.2 Å². The van der Waals surface area contributed by atoms with Crippen LogP contribution in [0.4, 0.5) is 0 Å². The first-order valence-electron chi connectivity index (χ1n) is 10.6. The lowest BCUT2D eigenvalue weighted by atomic mass is 9.84. The molecule has 1 N–H and O–H groups in total. The molecule has 1 saturated heterocycles. The molecule has 0 radical (unpaired) electrons. The molecule has 2 aromatic carbocycles. The van der Waals surface area contributed by atoms with Gasteiger partial charge < -0.3 is 38.3 Å². The summed E-state index contributed by atoms with van der Waals surface area (Å²) in [6, 6.07) is 5.52. The van der Waals surface area contributed by atoms with E-state index in [0.717, 1.165) is 11.1 Å². The number of rotatable bonds is 8. The zero-order valence-electron chi connectivity index (χ0n) is 19.3. The summed E-state index contributed by atoms with van der Waals surface area (Å²) in [5.41, 5.74) is 2.14. The molecule has 33 heavy (non-hydrogen) atoms. The standard InChI is InChI=1S/C24H28O9/c1-12-15(10-31-24(12)26)20(25)19-14(9-18-22(23(19)30-5)33-11-32-18)6-13-7-16(27-2)21(29-4)17(8-13)28-3/h7-9,12,15,20,25H,6,10-11H2,1-5H3. The molecule has 2 aromatic rings. The highest BCUT2D eigenvalue weighted by molar-refractivity contribution is 5.74. The maximum atomic E-state index is 12.0. The van der Waals surface area contributed by atoms with E-state index < -0.39 is 17.9 Å². The Balaban J connectivity index is 1.83. The van der Waals surface area contributed by atoms with Gasteiger partial charge in [-0.15, -0.1) is 0 Å². The molecule has 2 heterocycles. The molecular weight excluding hydrogens is 432 g/mol. The minimum atomic E-state index is -1.02. The second kappa shape index (κ2) is 9.27. The van der Waals surface area contributed by atoms with Crippen LogP contribution in [0.3, 0.4) is 0 Å². The smallest absolute Gasteiger partial charge is 0.309 e. The number of esters is 1. The van der Waals surface area contributed by atoms with Crippen LogP contribution in [-0.2, 0) is 16.0 Å². The van der Waals surface area contributed by atoms with Gasteiger partial charge in [-0.25, -0.2) is 0 Å². The summed E-state index contributed by atoms with van der Waals surface area (Å²) in [5.74, 6) is 1.65. The summed E-state index contributed by atoms with van der Waals surface area (Å²) in [6.45, 7) is 1.93. The van der Waals surface area contributed by atoms with E-state index in [0.29, 0.717) is 46.5 Å². The summed E-state index contributed by atoms with van der Waals surface area (Å²) in [6.07, 6.45) is -0.626. The fraction of sp³-hybridized carbons (Fsp3) is 0.458. The van der Waals surface area contributed by atoms with Crippen molar-refractivity contribution < 1.29 is 43.1 Å². The Morgan fingerprint density at radius 1 is 0.970 bits per heavy atom. The van der Waals surface area contributed by atoms with E-state index in [4.69, 9.17) is 33.2 Å². The second-order valence-corrected chi connectivity index (χ2v) is 7.95. The molecule has 3 unspecified atom stereocenters. The number of benzene rings is 2. The first kappa shape index (κ1) is 22.8. The fourth-order valence-corrected chi connectivity index (χ4v) is 4.42. The molecule has 3 atom stereocenters. The SMILES string of the molecule is COc1cc(Cc2cc3c(c(OC)c2C(O)C2COC(=O)C2C)OCO3)cc(OC)c1OC. The Bertz CT molecular complexity index is 1020. The van der Waals surface area contributed by atoms with Gasteiger partial charge in [0.2, 0.25) is 18.3 Å². The van der Waals surface area contributed by atoms with E-state index in [1.807, 2.05) is 18.2 Å². The highest BCUT2D eigenvalue weighted by Gasteiger charge is 2.41. The van der Waals surface area contributed by atoms with Gasteiger partial charge in [-0.2, -0.15) is 0 Å². The van der Waals surface area contributed by atoms with Gasteiger partial charge in [0.15, 0.2) is 23.0 Å². The van der Waals surface area contributed by atoms with Crippen LogP contribution in [0.2, 0.25) is 0 Å². The van der Waals surface area contributed by atoms with Crippen molar-refractivity contribution in [2.75, 3.05) is 41.8 Å². The number of hydrogen-bond acceptors (Lipinski definition) is 9. The lowest BCUT2D eigenvalue weighted by Crippen LogP contribution is -2.22. The van der Waals surface area contributed by atoms with Crippen LogP contribution >= 0.6 is 0 Å². The molecule has 0 aliphatic carbocycles. The molecule has 178 valence electrons. The van der Waals surface area contributed by atoms with Crippen molar-refractivity contribution in [3.63, 3.8) is 0 Å². The zero-order chi connectivity index (χ0) is 23.7. The van der Waals surface area contributed by atoms with Gasteiger partial charge in [0, 0.05) is 11.5 Å². The molecule has 0 amide bonds. The molecular formula is C24H28O9. The molecule has 2 aliphatic rings. The van der Waals surface area contributed by atoms with E-state index in [1.165, 1.54) is 7.11 Å². The first-order chi connectivity index (χ1) is 15.9. The van der Waals surface area contributed by atoms with Gasteiger partial charge in [0.05, 0.1) is 47.1 Å². The Hall–Kier alpha value is -3.33. The molecule has 0 spiro atoms. The van der Waals surface area contributed by atoms with Crippen LogP contribution in [0.1, 0.15) is 29.7 Å². The average Bonchev–Trinajstić information content (AvgIpc) is 3.43. The number of aliphatic hydroxyl groups excluding tert-OH is 1. The van der Waals surface area contributed by atoms with Crippen molar-refractivity contribution in [1.82, 2.24) is 0 Å². The number of fused-ring (bicyclic) bond motifs is 1. The van der Waals surface area contributed by atoms with Crippen LogP contribution in [0, 0.1) is 11.8 Å². The molecule has 9 heteroatoms. The molecule has 2 aliphatic heterocycles. The fourth-order valence-electron chi connectivity index (χ4n) is 4.42. The summed E-state index contributed by atoms with van der Waals surface area (Å²) in [5, 5.41) is 11.4. The number of ether oxygens (including phenoxy) is 7. The van der Waals surface area contributed by atoms with Gasteiger partial charge in [-0.05, 0) is 35.7 Å². The van der Waals surface area contributed by atoms with Crippen molar-refractivity contribution in [1.29, 1.82) is 0 Å². The van der Waals surface area contributed by atoms with Crippen molar-refractivity contribution in [3.05, 3.63) is 34.9 Å². The van der Waals surface area contributed by atoms with E-state index >= 15 is 0 Å². The molecule has 0 saturated carbocycles. The summed E-state index contributed by atoms with van der Waals surface area (Å²) >= 11 is 0. The molecule has 0 aromatic heterocycles. The van der Waals surface area contributed by atoms with Crippen LogP contribution < -0.4 is 28.4 Å². The highest BCUT2D eigenvalue weighted by atomic mass is 16.7. The predicted octanol–water partition coefficient (Wildman–Crippen LogP) is 2.88. The molecule has 9 nitrogen and oxygen atoms in total. The number of hydrogen-bond donors (Lipinski definition) is 1. The Kier molecular flexibility index (Phi) is 6.42. The molecule has 0 bridgehead atoms. The maximum Gasteiger partial charge on any atom is 0.309 e. The van der Waals surface area contributed by atoms with Gasteiger partial charge in [-0.3, -0.25) is 4.79 Å². The maximum absolute atomic E-state index is 12.0. The largest absolute Gasteiger partial charge is 0.493 e. The van der Waals surface area contributed by atoms with Gasteiger partial charge >= 0.3 is 5.97 Å². The number of carbonyl (C=O) groups excluding carboxylic acids is 1. The van der Waals surface area contributed by atoms with E-state index in [2.05, 4.69) is 0 Å². The Morgan fingerprint density at radius 3 is 2.18 bits per heavy atom. The third-order valence-electron chi connectivity index (χ3n) is 6.20. The number of carbonyl (C=O) groups is 1. The van der Waals surface area contributed by atoms with Crippen molar-refractivity contribution >= 4 is 5.97 Å². The minimum absolute atomic E-state index is 0.0519. The third kappa shape index (κ3) is 3.97. The highest BCUT2D eigenvalue weighted by Crippen LogP contribution is 2.50. The lowest BCUT2D eigenvalue weighted by molar-refractivity contribution is -0.140. The summed E-state index contributed by atoms with van der Waals surface area (Å²) in [4.78, 5) is 12.0. The predicted molar refractivity (Wildman–Crippen MR) is 117 cm³/mol. The van der Waals surface area contributed by atoms with Crippen molar-refractivity contribution in [2.24, 2.45) is 11.8 Å². The normalized spacial score (nSPS) is 19.8. The quantitative estimate of drug-likeness (QED) is 0.596. The lowest BCUT2D eigenvalue weighted by Gasteiger charge is -2.25. The van der Waals surface area contributed by atoms with Crippen LogP contribution in [0.25, 0.3) is 0 Å². The monoisotopic (exact) mass is 460 g/mol. The summed E-state index contributed by atoms with van der Waals surface area (Å²) < 4.78 is 38.5. The van der Waals surface area contributed by atoms with Gasteiger partial charge in [0.25, 0.3) is 0 Å². The number of aliphatic hydroxyl groups is 1. The van der Waals surface area contributed by atoms with Crippen LogP contribution in [0.5, 0.6) is 34.5 Å².